The Morgan fingerprint density at radius 1 is 0.952 bits per heavy atom. The van der Waals surface area contributed by atoms with Crippen LogP contribution in [0.25, 0.3) is 0 Å². The van der Waals surface area contributed by atoms with E-state index >= 15 is 0 Å². The fraction of sp³-hybridized carbons (Fsp3) is 1.00. The molecule has 2 saturated carbocycles. The third kappa shape index (κ3) is 3.80. The normalized spacial score (nSPS) is 30.3. The first-order chi connectivity index (χ1) is 10.3. The standard InChI is InChI=1S/C18H34N2O/c19-12-6-13-20(16-7-2-3-8-16)17-9-14-21-18(15-17)10-4-1-5-11-18/h16-17H,1-15,19H2. The Bertz CT molecular complexity index is 303. The second-order valence-electron chi connectivity index (χ2n) is 7.56. The Kier molecular flexibility index (Phi) is 5.58. The lowest BCUT2D eigenvalue weighted by molar-refractivity contribution is -0.128. The SMILES string of the molecule is NCCCN(C1CCCC1)C1CCOC2(CCCCC2)C1. The van der Waals surface area contributed by atoms with Gasteiger partial charge < -0.3 is 10.5 Å². The first-order valence-electron chi connectivity index (χ1n) is 9.43. The molecule has 3 heteroatoms. The van der Waals surface area contributed by atoms with E-state index in [-0.39, 0.29) is 5.60 Å². The number of rotatable bonds is 5. The number of nitrogens with zero attached hydrogens (tertiary/aromatic N) is 1. The van der Waals surface area contributed by atoms with Crippen LogP contribution in [0.2, 0.25) is 0 Å². The van der Waals surface area contributed by atoms with Crippen molar-refractivity contribution in [3.8, 4) is 0 Å². The Hall–Kier alpha value is -0.120. The van der Waals surface area contributed by atoms with Gasteiger partial charge >= 0.3 is 0 Å². The molecule has 0 amide bonds. The summed E-state index contributed by atoms with van der Waals surface area (Å²) in [6.45, 7) is 3.02. The fourth-order valence-corrected chi connectivity index (χ4v) is 5.00. The van der Waals surface area contributed by atoms with Crippen LogP contribution in [0, 0.1) is 0 Å². The van der Waals surface area contributed by atoms with E-state index in [4.69, 9.17) is 10.5 Å². The first-order valence-corrected chi connectivity index (χ1v) is 9.43. The summed E-state index contributed by atoms with van der Waals surface area (Å²) in [7, 11) is 0. The van der Waals surface area contributed by atoms with Crippen molar-refractivity contribution in [2.24, 2.45) is 5.73 Å². The highest BCUT2D eigenvalue weighted by Gasteiger charge is 2.41. The van der Waals surface area contributed by atoms with Crippen LogP contribution in [-0.2, 0) is 4.74 Å². The highest BCUT2D eigenvalue weighted by Crippen LogP contribution is 2.41. The van der Waals surface area contributed by atoms with E-state index in [1.54, 1.807) is 0 Å². The maximum atomic E-state index is 6.30. The van der Waals surface area contributed by atoms with Crippen molar-refractivity contribution in [2.45, 2.75) is 94.7 Å². The van der Waals surface area contributed by atoms with Gasteiger partial charge in [-0.05, 0) is 58.0 Å². The molecule has 2 N–H and O–H groups in total. The Morgan fingerprint density at radius 2 is 1.71 bits per heavy atom. The summed E-state index contributed by atoms with van der Waals surface area (Å²) in [5.74, 6) is 0. The molecule has 1 spiro atoms. The van der Waals surface area contributed by atoms with Crippen LogP contribution in [0.3, 0.4) is 0 Å². The number of hydrogen-bond acceptors (Lipinski definition) is 3. The summed E-state index contributed by atoms with van der Waals surface area (Å²) < 4.78 is 6.30. The lowest BCUT2D eigenvalue weighted by Gasteiger charge is -2.48. The van der Waals surface area contributed by atoms with Crippen molar-refractivity contribution in [2.75, 3.05) is 19.7 Å². The van der Waals surface area contributed by atoms with E-state index < -0.39 is 0 Å². The van der Waals surface area contributed by atoms with Crippen molar-refractivity contribution in [1.82, 2.24) is 4.90 Å². The van der Waals surface area contributed by atoms with Gasteiger partial charge in [0.25, 0.3) is 0 Å². The quantitative estimate of drug-likeness (QED) is 0.844. The summed E-state index contributed by atoms with van der Waals surface area (Å²) in [6, 6.07) is 1.59. The third-order valence-electron chi connectivity index (χ3n) is 6.11. The second-order valence-corrected chi connectivity index (χ2v) is 7.56. The fourth-order valence-electron chi connectivity index (χ4n) is 5.00. The van der Waals surface area contributed by atoms with Crippen LogP contribution in [0.1, 0.15) is 77.0 Å². The van der Waals surface area contributed by atoms with Crippen LogP contribution in [0.4, 0.5) is 0 Å². The van der Waals surface area contributed by atoms with Gasteiger partial charge in [-0.3, -0.25) is 4.90 Å². The Morgan fingerprint density at radius 3 is 2.43 bits per heavy atom. The van der Waals surface area contributed by atoms with Crippen LogP contribution in [-0.4, -0.2) is 42.3 Å². The van der Waals surface area contributed by atoms with Crippen LogP contribution in [0.15, 0.2) is 0 Å². The highest BCUT2D eigenvalue weighted by atomic mass is 16.5. The topological polar surface area (TPSA) is 38.5 Å². The summed E-state index contributed by atoms with van der Waals surface area (Å²) >= 11 is 0. The van der Waals surface area contributed by atoms with Crippen molar-refractivity contribution >= 4 is 0 Å². The van der Waals surface area contributed by atoms with Gasteiger partial charge in [-0.15, -0.1) is 0 Å². The van der Waals surface area contributed by atoms with Gasteiger partial charge in [0.05, 0.1) is 5.60 Å². The monoisotopic (exact) mass is 294 g/mol. The molecule has 3 aliphatic rings. The molecule has 0 bridgehead atoms. The van der Waals surface area contributed by atoms with Crippen molar-refractivity contribution in [1.29, 1.82) is 0 Å². The van der Waals surface area contributed by atoms with Crippen molar-refractivity contribution < 1.29 is 4.74 Å². The van der Waals surface area contributed by atoms with E-state index in [0.717, 1.165) is 31.7 Å². The average Bonchev–Trinajstić information content (AvgIpc) is 3.03. The molecule has 3 fully saturated rings. The van der Waals surface area contributed by atoms with Crippen molar-refractivity contribution in [3.63, 3.8) is 0 Å². The zero-order chi connectivity index (χ0) is 14.5. The number of nitrogens with two attached hydrogens (primary N) is 1. The molecule has 2 aliphatic carbocycles. The lowest BCUT2D eigenvalue weighted by Crippen LogP contribution is -2.52. The Balaban J connectivity index is 1.65. The molecule has 3 rings (SSSR count). The highest BCUT2D eigenvalue weighted by molar-refractivity contribution is 4.95. The Labute approximate surface area is 130 Å². The zero-order valence-electron chi connectivity index (χ0n) is 13.7. The largest absolute Gasteiger partial charge is 0.375 e. The molecule has 21 heavy (non-hydrogen) atoms. The van der Waals surface area contributed by atoms with Gasteiger partial charge in [0.15, 0.2) is 0 Å². The van der Waals surface area contributed by atoms with E-state index in [1.807, 2.05) is 0 Å². The minimum absolute atomic E-state index is 0.237. The molecule has 122 valence electrons. The molecule has 0 aromatic heterocycles. The molecular formula is C18H34N2O. The summed E-state index contributed by atoms with van der Waals surface area (Å²) in [5, 5.41) is 0. The predicted molar refractivity (Wildman–Crippen MR) is 87.4 cm³/mol. The molecule has 1 aliphatic heterocycles. The minimum atomic E-state index is 0.237. The van der Waals surface area contributed by atoms with E-state index in [1.165, 1.54) is 77.2 Å². The van der Waals surface area contributed by atoms with Gasteiger partial charge in [0, 0.05) is 18.7 Å². The average molecular weight is 294 g/mol. The van der Waals surface area contributed by atoms with Gasteiger partial charge in [-0.25, -0.2) is 0 Å². The molecular weight excluding hydrogens is 260 g/mol. The molecule has 0 aromatic carbocycles. The predicted octanol–water partition coefficient (Wildman–Crippen LogP) is 3.46. The van der Waals surface area contributed by atoms with E-state index in [0.29, 0.717) is 0 Å². The van der Waals surface area contributed by atoms with Crippen LogP contribution >= 0.6 is 0 Å². The number of hydrogen-bond donors (Lipinski definition) is 1. The number of ether oxygens (including phenoxy) is 1. The lowest BCUT2D eigenvalue weighted by atomic mass is 9.77. The summed E-state index contributed by atoms with van der Waals surface area (Å²) in [5.41, 5.74) is 6.03. The minimum Gasteiger partial charge on any atom is -0.375 e. The molecule has 3 nitrogen and oxygen atoms in total. The van der Waals surface area contributed by atoms with Crippen LogP contribution in [0.5, 0.6) is 0 Å². The first kappa shape index (κ1) is 15.8. The molecule has 0 aromatic rings. The molecule has 1 heterocycles. The smallest absolute Gasteiger partial charge is 0.0697 e. The van der Waals surface area contributed by atoms with Crippen molar-refractivity contribution in [3.05, 3.63) is 0 Å². The maximum absolute atomic E-state index is 6.30. The second kappa shape index (κ2) is 7.43. The van der Waals surface area contributed by atoms with E-state index in [2.05, 4.69) is 4.90 Å². The van der Waals surface area contributed by atoms with Gasteiger partial charge in [0.2, 0.25) is 0 Å². The molecule has 1 unspecified atom stereocenters. The van der Waals surface area contributed by atoms with Gasteiger partial charge in [0.1, 0.15) is 0 Å². The summed E-state index contributed by atoms with van der Waals surface area (Å²) in [4.78, 5) is 2.85. The zero-order valence-corrected chi connectivity index (χ0v) is 13.7. The van der Waals surface area contributed by atoms with E-state index in [9.17, 15) is 0 Å². The maximum Gasteiger partial charge on any atom is 0.0697 e. The molecule has 0 radical (unpaired) electrons. The van der Waals surface area contributed by atoms with Gasteiger partial charge in [-0.1, -0.05) is 32.1 Å². The van der Waals surface area contributed by atoms with Crippen LogP contribution < -0.4 is 5.73 Å². The molecule has 1 saturated heterocycles. The molecule has 1 atom stereocenters. The van der Waals surface area contributed by atoms with Gasteiger partial charge in [-0.2, -0.15) is 0 Å². The third-order valence-corrected chi connectivity index (χ3v) is 6.11. The summed E-state index contributed by atoms with van der Waals surface area (Å²) in [6.07, 6.45) is 16.1.